The summed E-state index contributed by atoms with van der Waals surface area (Å²) in [6.45, 7) is 4.22. The van der Waals surface area contributed by atoms with Crippen LogP contribution in [0.4, 0.5) is 0 Å². The molecule has 18 heavy (non-hydrogen) atoms. The molecule has 1 saturated carbocycles. The van der Waals surface area contributed by atoms with Crippen molar-refractivity contribution < 1.29 is 4.79 Å². The van der Waals surface area contributed by atoms with E-state index in [0.717, 1.165) is 43.6 Å². The van der Waals surface area contributed by atoms with Crippen molar-refractivity contribution in [3.63, 3.8) is 0 Å². The van der Waals surface area contributed by atoms with E-state index in [0.29, 0.717) is 0 Å². The molecular weight excluding hydrogens is 244 g/mol. The summed E-state index contributed by atoms with van der Waals surface area (Å²) in [6, 6.07) is 2.51. The van der Waals surface area contributed by atoms with E-state index in [-0.39, 0.29) is 11.9 Å². The highest BCUT2D eigenvalue weighted by Crippen LogP contribution is 2.39. The van der Waals surface area contributed by atoms with Crippen LogP contribution in [0, 0.1) is 16.7 Å². The molecule has 0 aromatic rings. The number of hydrogen-bond donors (Lipinski definition) is 0. The van der Waals surface area contributed by atoms with Crippen LogP contribution in [-0.4, -0.2) is 35.4 Å². The first-order chi connectivity index (χ1) is 8.57. The number of rotatable bonds is 6. The summed E-state index contributed by atoms with van der Waals surface area (Å²) in [7, 11) is 1.85. The van der Waals surface area contributed by atoms with Crippen LogP contribution in [0.25, 0.3) is 0 Å². The lowest BCUT2D eigenvalue weighted by atomic mass is 9.86. The molecule has 0 aromatic carbocycles. The molecule has 102 valence electrons. The van der Waals surface area contributed by atoms with Gasteiger partial charge in [-0.25, -0.2) is 0 Å². The minimum Gasteiger partial charge on any atom is -0.342 e. The van der Waals surface area contributed by atoms with Crippen molar-refractivity contribution >= 4 is 17.7 Å². The summed E-state index contributed by atoms with van der Waals surface area (Å²) in [5.41, 5.74) is -0.721. The summed E-state index contributed by atoms with van der Waals surface area (Å²) in [5.74, 6) is 2.23. The molecule has 1 rings (SSSR count). The molecule has 1 amide bonds. The van der Waals surface area contributed by atoms with E-state index in [4.69, 9.17) is 0 Å². The highest BCUT2D eigenvalue weighted by atomic mass is 32.2. The van der Waals surface area contributed by atoms with Gasteiger partial charge in [0.2, 0.25) is 5.91 Å². The van der Waals surface area contributed by atoms with Gasteiger partial charge in [-0.2, -0.15) is 17.0 Å². The molecule has 0 radical (unpaired) electrons. The molecule has 0 aromatic heterocycles. The van der Waals surface area contributed by atoms with Crippen LogP contribution in [0.3, 0.4) is 0 Å². The molecule has 1 atom stereocenters. The minimum atomic E-state index is -0.721. The van der Waals surface area contributed by atoms with Gasteiger partial charge >= 0.3 is 0 Å². The zero-order chi connectivity index (χ0) is 13.6. The Bertz CT molecular complexity index is 318. The number of carbonyl (C=O) groups excluding carboxylic acids is 1. The highest BCUT2D eigenvalue weighted by molar-refractivity contribution is 7.99. The van der Waals surface area contributed by atoms with Crippen LogP contribution < -0.4 is 0 Å². The molecule has 1 aliphatic rings. The maximum absolute atomic E-state index is 12.5. The van der Waals surface area contributed by atoms with Gasteiger partial charge in [0, 0.05) is 13.1 Å². The predicted molar refractivity (Wildman–Crippen MR) is 76.4 cm³/mol. The van der Waals surface area contributed by atoms with Crippen molar-refractivity contribution in [3.05, 3.63) is 0 Å². The molecule has 0 saturated heterocycles. The van der Waals surface area contributed by atoms with E-state index in [9.17, 15) is 10.1 Å². The van der Waals surface area contributed by atoms with Gasteiger partial charge in [0.15, 0.2) is 0 Å². The quantitative estimate of drug-likeness (QED) is 0.695. The summed E-state index contributed by atoms with van der Waals surface area (Å²) in [5, 5.41) is 9.33. The van der Waals surface area contributed by atoms with Gasteiger partial charge in [0.1, 0.15) is 5.41 Å². The first kappa shape index (κ1) is 15.4. The lowest BCUT2D eigenvalue weighted by Gasteiger charge is -2.31. The molecule has 1 aliphatic carbocycles. The fourth-order valence-electron chi connectivity index (χ4n) is 2.48. The Balaban J connectivity index is 2.57. The Morgan fingerprint density at radius 1 is 1.50 bits per heavy atom. The zero-order valence-electron chi connectivity index (χ0n) is 11.7. The predicted octanol–water partition coefficient (Wildman–Crippen LogP) is 3.06. The third kappa shape index (κ3) is 3.41. The fraction of sp³-hybridized carbons (Fsp3) is 0.857. The largest absolute Gasteiger partial charge is 0.342 e. The van der Waals surface area contributed by atoms with Crippen LogP contribution in [0.5, 0.6) is 0 Å². The first-order valence-electron chi connectivity index (χ1n) is 6.83. The first-order valence-corrected chi connectivity index (χ1v) is 7.99. The lowest BCUT2D eigenvalue weighted by Crippen LogP contribution is -2.44. The van der Waals surface area contributed by atoms with Gasteiger partial charge in [0.05, 0.1) is 6.07 Å². The van der Waals surface area contributed by atoms with Crippen molar-refractivity contribution in [3.8, 4) is 6.07 Å². The van der Waals surface area contributed by atoms with Crippen molar-refractivity contribution in [2.75, 3.05) is 18.6 Å². The second-order valence-electron chi connectivity index (χ2n) is 5.15. The second-order valence-corrected chi connectivity index (χ2v) is 6.55. The maximum Gasteiger partial charge on any atom is 0.243 e. The third-order valence-electron chi connectivity index (χ3n) is 3.95. The minimum absolute atomic E-state index is 0.0384. The summed E-state index contributed by atoms with van der Waals surface area (Å²) >= 11 is 1.90. The van der Waals surface area contributed by atoms with Crippen molar-refractivity contribution in [1.82, 2.24) is 4.90 Å². The maximum atomic E-state index is 12.5. The summed E-state index contributed by atoms with van der Waals surface area (Å²) in [4.78, 5) is 14.3. The van der Waals surface area contributed by atoms with Crippen LogP contribution in [0.1, 0.15) is 46.0 Å². The Morgan fingerprint density at radius 2 is 2.11 bits per heavy atom. The van der Waals surface area contributed by atoms with E-state index in [1.807, 2.05) is 18.8 Å². The molecule has 0 bridgehead atoms. The molecule has 0 spiro atoms. The SMILES string of the molecule is CCSCCC(C)N(C)C(=O)C1(C#N)CCCC1. The Hall–Kier alpha value is -0.690. The molecule has 0 aliphatic heterocycles. The fourth-order valence-corrected chi connectivity index (χ4v) is 3.28. The number of hydrogen-bond acceptors (Lipinski definition) is 3. The Labute approximate surface area is 115 Å². The van der Waals surface area contributed by atoms with E-state index in [2.05, 4.69) is 19.9 Å². The van der Waals surface area contributed by atoms with Crippen LogP contribution in [0.2, 0.25) is 0 Å². The van der Waals surface area contributed by atoms with Gasteiger partial charge in [0.25, 0.3) is 0 Å². The summed E-state index contributed by atoms with van der Waals surface area (Å²) in [6.07, 6.45) is 4.49. The monoisotopic (exact) mass is 268 g/mol. The van der Waals surface area contributed by atoms with E-state index in [1.165, 1.54) is 0 Å². The smallest absolute Gasteiger partial charge is 0.243 e. The van der Waals surface area contributed by atoms with E-state index in [1.54, 1.807) is 4.90 Å². The van der Waals surface area contributed by atoms with Crippen LogP contribution in [0.15, 0.2) is 0 Å². The molecular formula is C14H24N2OS. The van der Waals surface area contributed by atoms with Crippen molar-refractivity contribution in [1.29, 1.82) is 5.26 Å². The molecule has 0 N–H and O–H groups in total. The van der Waals surface area contributed by atoms with E-state index >= 15 is 0 Å². The number of thioether (sulfide) groups is 1. The third-order valence-corrected chi connectivity index (χ3v) is 4.88. The standard InChI is InChI=1S/C14H24N2OS/c1-4-18-10-7-12(2)16(3)13(17)14(11-15)8-5-6-9-14/h12H,4-10H2,1-3H3. The van der Waals surface area contributed by atoms with Crippen LogP contribution in [-0.2, 0) is 4.79 Å². The van der Waals surface area contributed by atoms with Gasteiger partial charge in [-0.15, -0.1) is 0 Å². The van der Waals surface area contributed by atoms with Crippen LogP contribution >= 0.6 is 11.8 Å². The number of nitriles is 1. The number of nitrogens with zero attached hydrogens (tertiary/aromatic N) is 2. The van der Waals surface area contributed by atoms with Crippen molar-refractivity contribution in [2.45, 2.75) is 52.0 Å². The number of carbonyl (C=O) groups is 1. The van der Waals surface area contributed by atoms with E-state index < -0.39 is 5.41 Å². The second kappa shape index (κ2) is 7.04. The average Bonchev–Trinajstić information content (AvgIpc) is 2.87. The normalized spacial score (nSPS) is 19.2. The number of amides is 1. The van der Waals surface area contributed by atoms with Crippen molar-refractivity contribution in [2.24, 2.45) is 5.41 Å². The average molecular weight is 268 g/mol. The highest BCUT2D eigenvalue weighted by Gasteiger charge is 2.43. The Morgan fingerprint density at radius 3 is 2.61 bits per heavy atom. The molecule has 1 fully saturated rings. The van der Waals surface area contributed by atoms with Gasteiger partial charge in [-0.3, -0.25) is 4.79 Å². The summed E-state index contributed by atoms with van der Waals surface area (Å²) < 4.78 is 0. The van der Waals surface area contributed by atoms with Gasteiger partial charge in [-0.1, -0.05) is 19.8 Å². The lowest BCUT2D eigenvalue weighted by molar-refractivity contribution is -0.139. The Kier molecular flexibility index (Phi) is 6.01. The molecule has 4 heteroatoms. The molecule has 0 heterocycles. The van der Waals surface area contributed by atoms with Gasteiger partial charge < -0.3 is 4.90 Å². The topological polar surface area (TPSA) is 44.1 Å². The molecule has 3 nitrogen and oxygen atoms in total. The zero-order valence-corrected chi connectivity index (χ0v) is 12.6. The van der Waals surface area contributed by atoms with Gasteiger partial charge in [-0.05, 0) is 37.7 Å². The molecule has 1 unspecified atom stereocenters.